The first kappa shape index (κ1) is 17.0. The topological polar surface area (TPSA) is 88.4 Å². The van der Waals surface area contributed by atoms with Gasteiger partial charge in [-0.3, -0.25) is 0 Å². The SMILES string of the molecule is COC(=O)c1ccccc1NC(C#N)c1ccccc1C(=O)OC. The molecule has 0 aliphatic rings. The second-order valence-electron chi connectivity index (χ2n) is 4.82. The Morgan fingerprint density at radius 1 is 0.958 bits per heavy atom. The summed E-state index contributed by atoms with van der Waals surface area (Å²) >= 11 is 0. The Balaban J connectivity index is 2.41. The van der Waals surface area contributed by atoms with Crippen LogP contribution in [-0.4, -0.2) is 26.2 Å². The minimum atomic E-state index is -0.842. The van der Waals surface area contributed by atoms with Gasteiger partial charge in [0.15, 0.2) is 0 Å². The van der Waals surface area contributed by atoms with E-state index in [4.69, 9.17) is 9.47 Å². The summed E-state index contributed by atoms with van der Waals surface area (Å²) in [6.07, 6.45) is 0. The quantitative estimate of drug-likeness (QED) is 0.851. The van der Waals surface area contributed by atoms with Gasteiger partial charge in [-0.2, -0.15) is 5.26 Å². The second kappa shape index (κ2) is 7.79. The summed E-state index contributed by atoms with van der Waals surface area (Å²) in [5.41, 5.74) is 1.49. The predicted octanol–water partition coefficient (Wildman–Crippen LogP) is 2.94. The molecular formula is C18H16N2O4. The third-order valence-corrected chi connectivity index (χ3v) is 3.44. The number of hydrogen-bond donors (Lipinski definition) is 1. The van der Waals surface area contributed by atoms with Crippen LogP contribution in [0, 0.1) is 11.3 Å². The summed E-state index contributed by atoms with van der Waals surface area (Å²) in [4.78, 5) is 23.7. The molecule has 1 atom stereocenters. The summed E-state index contributed by atoms with van der Waals surface area (Å²) in [6.45, 7) is 0. The van der Waals surface area contributed by atoms with E-state index in [1.54, 1.807) is 48.5 Å². The van der Waals surface area contributed by atoms with E-state index in [9.17, 15) is 14.9 Å². The molecule has 0 heterocycles. The van der Waals surface area contributed by atoms with Crippen molar-refractivity contribution in [2.45, 2.75) is 6.04 Å². The third kappa shape index (κ3) is 3.52. The van der Waals surface area contributed by atoms with Crippen LogP contribution in [0.1, 0.15) is 32.3 Å². The highest BCUT2D eigenvalue weighted by molar-refractivity contribution is 5.96. The van der Waals surface area contributed by atoms with E-state index in [0.717, 1.165) is 0 Å². The van der Waals surface area contributed by atoms with Gasteiger partial charge in [-0.15, -0.1) is 0 Å². The Morgan fingerprint density at radius 3 is 2.12 bits per heavy atom. The van der Waals surface area contributed by atoms with Gasteiger partial charge in [0.05, 0.1) is 31.4 Å². The number of hydrogen-bond acceptors (Lipinski definition) is 6. The van der Waals surface area contributed by atoms with Crippen molar-refractivity contribution in [2.24, 2.45) is 0 Å². The van der Waals surface area contributed by atoms with Crippen LogP contribution in [0.25, 0.3) is 0 Å². The smallest absolute Gasteiger partial charge is 0.339 e. The van der Waals surface area contributed by atoms with E-state index in [2.05, 4.69) is 11.4 Å². The summed E-state index contributed by atoms with van der Waals surface area (Å²) < 4.78 is 9.49. The Bertz CT molecular complexity index is 796. The number of nitrogens with one attached hydrogen (secondary N) is 1. The van der Waals surface area contributed by atoms with Gasteiger partial charge < -0.3 is 14.8 Å². The van der Waals surface area contributed by atoms with Crippen LogP contribution in [0.4, 0.5) is 5.69 Å². The monoisotopic (exact) mass is 324 g/mol. The zero-order chi connectivity index (χ0) is 17.5. The largest absolute Gasteiger partial charge is 0.465 e. The number of carbonyl (C=O) groups is 2. The van der Waals surface area contributed by atoms with Gasteiger partial charge in [-0.1, -0.05) is 30.3 Å². The molecule has 2 aromatic carbocycles. The number of para-hydroxylation sites is 1. The lowest BCUT2D eigenvalue weighted by Gasteiger charge is -2.17. The average molecular weight is 324 g/mol. The lowest BCUT2D eigenvalue weighted by Crippen LogP contribution is -2.16. The van der Waals surface area contributed by atoms with E-state index in [1.807, 2.05) is 0 Å². The summed E-state index contributed by atoms with van der Waals surface area (Å²) in [5, 5.41) is 12.5. The molecule has 0 radical (unpaired) electrons. The highest BCUT2D eigenvalue weighted by atomic mass is 16.5. The van der Waals surface area contributed by atoms with E-state index < -0.39 is 18.0 Å². The number of benzene rings is 2. The third-order valence-electron chi connectivity index (χ3n) is 3.44. The highest BCUT2D eigenvalue weighted by Crippen LogP contribution is 2.25. The lowest BCUT2D eigenvalue weighted by molar-refractivity contribution is 0.0591. The molecule has 6 nitrogen and oxygen atoms in total. The van der Waals surface area contributed by atoms with E-state index >= 15 is 0 Å². The molecular weight excluding hydrogens is 308 g/mol. The van der Waals surface area contributed by atoms with Crippen LogP contribution in [-0.2, 0) is 9.47 Å². The van der Waals surface area contributed by atoms with E-state index in [1.165, 1.54) is 14.2 Å². The molecule has 2 rings (SSSR count). The van der Waals surface area contributed by atoms with Crippen molar-refractivity contribution < 1.29 is 19.1 Å². The average Bonchev–Trinajstić information content (AvgIpc) is 2.65. The number of rotatable bonds is 5. The fraction of sp³-hybridized carbons (Fsp3) is 0.167. The van der Waals surface area contributed by atoms with Crippen LogP contribution in [0.15, 0.2) is 48.5 Å². The van der Waals surface area contributed by atoms with Gasteiger partial charge in [-0.05, 0) is 18.2 Å². The first-order chi connectivity index (χ1) is 11.6. The maximum Gasteiger partial charge on any atom is 0.339 e. The maximum absolute atomic E-state index is 11.9. The normalized spacial score (nSPS) is 11.0. The molecule has 0 saturated carbocycles. The van der Waals surface area contributed by atoms with Crippen molar-refractivity contribution in [3.63, 3.8) is 0 Å². The van der Waals surface area contributed by atoms with Crippen molar-refractivity contribution in [3.8, 4) is 6.07 Å². The number of ether oxygens (including phenoxy) is 2. The van der Waals surface area contributed by atoms with Crippen molar-refractivity contribution in [2.75, 3.05) is 19.5 Å². The molecule has 2 aromatic rings. The Kier molecular flexibility index (Phi) is 5.53. The zero-order valence-corrected chi connectivity index (χ0v) is 13.3. The molecule has 122 valence electrons. The standard InChI is InChI=1S/C18H16N2O4/c1-23-17(21)13-8-4-3-7-12(13)16(11-19)20-15-10-6-5-9-14(15)18(22)24-2/h3-10,16,20H,1-2H3. The summed E-state index contributed by atoms with van der Waals surface area (Å²) in [5.74, 6) is -1.05. The minimum Gasteiger partial charge on any atom is -0.465 e. The van der Waals surface area contributed by atoms with Crippen LogP contribution >= 0.6 is 0 Å². The van der Waals surface area contributed by atoms with Crippen molar-refractivity contribution >= 4 is 17.6 Å². The van der Waals surface area contributed by atoms with Crippen molar-refractivity contribution in [3.05, 3.63) is 65.2 Å². The zero-order valence-electron chi connectivity index (χ0n) is 13.3. The van der Waals surface area contributed by atoms with Gasteiger partial charge in [-0.25, -0.2) is 9.59 Å². The number of esters is 2. The molecule has 0 amide bonds. The number of nitrogens with zero attached hydrogens (tertiary/aromatic N) is 1. The molecule has 0 aliphatic heterocycles. The van der Waals surface area contributed by atoms with E-state index in [-0.39, 0.29) is 5.56 Å². The predicted molar refractivity (Wildman–Crippen MR) is 87.5 cm³/mol. The van der Waals surface area contributed by atoms with Gasteiger partial charge in [0.1, 0.15) is 6.04 Å². The van der Waals surface area contributed by atoms with Gasteiger partial charge >= 0.3 is 11.9 Å². The van der Waals surface area contributed by atoms with Gasteiger partial charge in [0.2, 0.25) is 0 Å². The Labute approximate surface area is 139 Å². The Morgan fingerprint density at radius 2 is 1.50 bits per heavy atom. The van der Waals surface area contributed by atoms with Gasteiger partial charge in [0.25, 0.3) is 0 Å². The van der Waals surface area contributed by atoms with Crippen LogP contribution in [0.2, 0.25) is 0 Å². The first-order valence-corrected chi connectivity index (χ1v) is 7.13. The molecule has 1 unspecified atom stereocenters. The first-order valence-electron chi connectivity index (χ1n) is 7.13. The molecule has 0 fully saturated rings. The lowest BCUT2D eigenvalue weighted by atomic mass is 10.0. The van der Waals surface area contributed by atoms with Crippen LogP contribution < -0.4 is 5.32 Å². The van der Waals surface area contributed by atoms with Crippen LogP contribution in [0.5, 0.6) is 0 Å². The number of methoxy groups -OCH3 is 2. The molecule has 0 bridgehead atoms. The number of anilines is 1. The maximum atomic E-state index is 11.9. The van der Waals surface area contributed by atoms with Crippen molar-refractivity contribution in [1.82, 2.24) is 0 Å². The fourth-order valence-electron chi connectivity index (χ4n) is 2.28. The molecule has 6 heteroatoms. The molecule has 24 heavy (non-hydrogen) atoms. The number of nitriles is 1. The van der Waals surface area contributed by atoms with Crippen molar-refractivity contribution in [1.29, 1.82) is 5.26 Å². The van der Waals surface area contributed by atoms with Crippen LogP contribution in [0.3, 0.4) is 0 Å². The Hall–Kier alpha value is -3.33. The second-order valence-corrected chi connectivity index (χ2v) is 4.82. The molecule has 0 aliphatic carbocycles. The molecule has 0 aromatic heterocycles. The van der Waals surface area contributed by atoms with Gasteiger partial charge in [0, 0.05) is 11.3 Å². The molecule has 0 spiro atoms. The number of carbonyl (C=O) groups excluding carboxylic acids is 2. The summed E-state index contributed by atoms with van der Waals surface area (Å²) in [6, 6.07) is 14.6. The summed E-state index contributed by atoms with van der Waals surface area (Å²) in [7, 11) is 2.56. The van der Waals surface area contributed by atoms with E-state index in [0.29, 0.717) is 16.8 Å². The molecule has 1 N–H and O–H groups in total. The molecule has 0 saturated heterocycles. The fourth-order valence-corrected chi connectivity index (χ4v) is 2.28. The highest BCUT2D eigenvalue weighted by Gasteiger charge is 2.21. The minimum absolute atomic E-state index is 0.287.